The van der Waals surface area contributed by atoms with Crippen LogP contribution < -0.4 is 0 Å². The molecular formula is C14H12N2O7. The number of aliphatic carboxylic acids is 2. The number of Topliss-reactive ketones (excluding diaryl/α,β-unsaturated/α-hetero) is 1. The van der Waals surface area contributed by atoms with E-state index in [1.807, 2.05) is 0 Å². The first-order chi connectivity index (χ1) is 10.7. The molecule has 0 amide bonds. The molecule has 0 saturated heterocycles. The number of ketones is 1. The van der Waals surface area contributed by atoms with Gasteiger partial charge in [-0.3, -0.25) is 19.7 Å². The Hall–Kier alpha value is -3.28. The standard InChI is InChI=1S/C14H12N2O7/c1-7(17)10(13(18)19)11(12(14(20)21)16(22)23)9-5-3-2-4-8(9)6-15/h2-5,10-12H,1H3,(H,18,19)(H,20,21). The maximum absolute atomic E-state index is 11.7. The zero-order valence-corrected chi connectivity index (χ0v) is 11.9. The smallest absolute Gasteiger partial charge is 0.379 e. The average Bonchev–Trinajstić information content (AvgIpc) is 2.44. The molecule has 3 unspecified atom stereocenters. The zero-order chi connectivity index (χ0) is 17.7. The van der Waals surface area contributed by atoms with Crippen molar-refractivity contribution in [2.75, 3.05) is 0 Å². The number of benzene rings is 1. The molecule has 3 atom stereocenters. The Balaban J connectivity index is 3.70. The van der Waals surface area contributed by atoms with E-state index in [4.69, 9.17) is 10.4 Å². The van der Waals surface area contributed by atoms with Gasteiger partial charge in [-0.25, -0.2) is 4.79 Å². The van der Waals surface area contributed by atoms with Crippen molar-refractivity contribution >= 4 is 17.7 Å². The lowest BCUT2D eigenvalue weighted by molar-refractivity contribution is -0.515. The van der Waals surface area contributed by atoms with Crippen LogP contribution in [-0.2, 0) is 14.4 Å². The number of rotatable bonds is 7. The lowest BCUT2D eigenvalue weighted by Gasteiger charge is -2.24. The fourth-order valence-corrected chi connectivity index (χ4v) is 2.38. The van der Waals surface area contributed by atoms with E-state index >= 15 is 0 Å². The minimum Gasteiger partial charge on any atom is -0.481 e. The number of hydrogen-bond acceptors (Lipinski definition) is 6. The minimum absolute atomic E-state index is 0.127. The van der Waals surface area contributed by atoms with Gasteiger partial charge < -0.3 is 10.2 Å². The van der Waals surface area contributed by atoms with Gasteiger partial charge in [0.25, 0.3) is 0 Å². The van der Waals surface area contributed by atoms with Crippen LogP contribution in [0.15, 0.2) is 24.3 Å². The van der Waals surface area contributed by atoms with Crippen LogP contribution in [-0.4, -0.2) is 38.9 Å². The Morgan fingerprint density at radius 1 is 1.22 bits per heavy atom. The topological polar surface area (TPSA) is 159 Å². The maximum Gasteiger partial charge on any atom is 0.379 e. The van der Waals surface area contributed by atoms with Crippen molar-refractivity contribution in [1.82, 2.24) is 0 Å². The molecule has 0 fully saturated rings. The molecule has 120 valence electrons. The second kappa shape index (κ2) is 7.13. The minimum atomic E-state index is -2.38. The summed E-state index contributed by atoms with van der Waals surface area (Å²) in [5.74, 6) is -8.30. The van der Waals surface area contributed by atoms with E-state index < -0.39 is 40.5 Å². The number of hydrogen-bond donors (Lipinski definition) is 2. The lowest BCUT2D eigenvalue weighted by Crippen LogP contribution is -2.43. The molecule has 0 bridgehead atoms. The highest BCUT2D eigenvalue weighted by Crippen LogP contribution is 2.33. The van der Waals surface area contributed by atoms with Gasteiger partial charge in [-0.15, -0.1) is 0 Å². The van der Waals surface area contributed by atoms with E-state index in [1.54, 1.807) is 6.07 Å². The van der Waals surface area contributed by atoms with Gasteiger partial charge in [0.05, 0.1) is 17.6 Å². The number of carboxylic acid groups (broad SMARTS) is 2. The second-order valence-electron chi connectivity index (χ2n) is 4.72. The van der Waals surface area contributed by atoms with Gasteiger partial charge in [0.1, 0.15) is 11.7 Å². The van der Waals surface area contributed by atoms with Gasteiger partial charge in [0, 0.05) is 4.92 Å². The molecule has 0 heterocycles. The van der Waals surface area contributed by atoms with Crippen LogP contribution >= 0.6 is 0 Å². The van der Waals surface area contributed by atoms with Crippen molar-refractivity contribution in [2.24, 2.45) is 5.92 Å². The van der Waals surface area contributed by atoms with Crippen molar-refractivity contribution in [2.45, 2.75) is 18.9 Å². The van der Waals surface area contributed by atoms with Crippen LogP contribution in [0.3, 0.4) is 0 Å². The maximum atomic E-state index is 11.7. The summed E-state index contributed by atoms with van der Waals surface area (Å²) in [7, 11) is 0. The number of carboxylic acids is 2. The molecule has 1 aromatic rings. The highest BCUT2D eigenvalue weighted by atomic mass is 16.6. The zero-order valence-electron chi connectivity index (χ0n) is 11.9. The third-order valence-electron chi connectivity index (χ3n) is 3.32. The Kier molecular flexibility index (Phi) is 5.51. The van der Waals surface area contributed by atoms with E-state index in [0.717, 1.165) is 6.92 Å². The molecule has 0 saturated carbocycles. The molecule has 0 aromatic heterocycles. The van der Waals surface area contributed by atoms with Crippen molar-refractivity contribution in [1.29, 1.82) is 5.26 Å². The van der Waals surface area contributed by atoms with Crippen LogP contribution in [0.5, 0.6) is 0 Å². The van der Waals surface area contributed by atoms with Gasteiger partial charge in [-0.1, -0.05) is 18.2 Å². The summed E-state index contributed by atoms with van der Waals surface area (Å²) in [6.07, 6.45) is 0. The Morgan fingerprint density at radius 3 is 2.17 bits per heavy atom. The lowest BCUT2D eigenvalue weighted by atomic mass is 9.77. The number of carbonyl (C=O) groups is 3. The number of nitrogens with zero attached hydrogens (tertiary/aromatic N) is 2. The summed E-state index contributed by atoms with van der Waals surface area (Å²) < 4.78 is 0. The molecule has 0 aliphatic rings. The Labute approximate surface area is 129 Å². The van der Waals surface area contributed by atoms with Crippen molar-refractivity contribution in [3.05, 3.63) is 45.5 Å². The fourth-order valence-electron chi connectivity index (χ4n) is 2.38. The van der Waals surface area contributed by atoms with Crippen molar-refractivity contribution in [3.8, 4) is 6.07 Å². The van der Waals surface area contributed by atoms with Crippen LogP contribution in [0, 0.1) is 27.4 Å². The van der Waals surface area contributed by atoms with Gasteiger partial charge in [0.15, 0.2) is 0 Å². The molecule has 2 N–H and O–H groups in total. The van der Waals surface area contributed by atoms with E-state index in [9.17, 15) is 29.6 Å². The van der Waals surface area contributed by atoms with Crippen LogP contribution in [0.1, 0.15) is 24.0 Å². The SMILES string of the molecule is CC(=O)C(C(=O)O)C(c1ccccc1C#N)C(C(=O)O)[N+](=O)[O-]. The average molecular weight is 320 g/mol. The first kappa shape index (κ1) is 17.8. The Bertz CT molecular complexity index is 647. The first-order valence-corrected chi connectivity index (χ1v) is 6.31. The fraction of sp³-hybridized carbons (Fsp3) is 0.286. The van der Waals surface area contributed by atoms with E-state index in [-0.39, 0.29) is 11.1 Å². The summed E-state index contributed by atoms with van der Waals surface area (Å²) in [5.41, 5.74) is -0.292. The third kappa shape index (κ3) is 3.68. The van der Waals surface area contributed by atoms with Crippen molar-refractivity contribution < 1.29 is 29.5 Å². The first-order valence-electron chi connectivity index (χ1n) is 6.31. The van der Waals surface area contributed by atoms with E-state index in [2.05, 4.69) is 0 Å². The van der Waals surface area contributed by atoms with Gasteiger partial charge in [-0.05, 0) is 18.6 Å². The normalized spacial score (nSPS) is 14.1. The molecule has 1 aromatic carbocycles. The summed E-state index contributed by atoms with van der Waals surface area (Å²) in [4.78, 5) is 44.3. The molecule has 1 rings (SSSR count). The van der Waals surface area contributed by atoms with Gasteiger partial charge in [-0.2, -0.15) is 5.26 Å². The summed E-state index contributed by atoms with van der Waals surface area (Å²) in [6.45, 7) is 0.902. The number of carbonyl (C=O) groups excluding carboxylic acids is 1. The summed E-state index contributed by atoms with van der Waals surface area (Å²) in [5, 5.41) is 38.6. The number of nitro groups is 1. The van der Waals surface area contributed by atoms with Crippen LogP contribution in [0.2, 0.25) is 0 Å². The molecule has 0 radical (unpaired) electrons. The second-order valence-corrected chi connectivity index (χ2v) is 4.72. The molecular weight excluding hydrogens is 308 g/mol. The largest absolute Gasteiger partial charge is 0.481 e. The third-order valence-corrected chi connectivity index (χ3v) is 3.32. The quantitative estimate of drug-likeness (QED) is 0.421. The van der Waals surface area contributed by atoms with E-state index in [1.165, 1.54) is 24.3 Å². The molecule has 9 nitrogen and oxygen atoms in total. The molecule has 9 heteroatoms. The predicted octanol–water partition coefficient (Wildman–Crippen LogP) is 0.662. The molecule has 0 spiro atoms. The monoisotopic (exact) mass is 320 g/mol. The molecule has 0 aliphatic heterocycles. The highest BCUT2D eigenvalue weighted by Gasteiger charge is 2.49. The van der Waals surface area contributed by atoms with Crippen LogP contribution in [0.25, 0.3) is 0 Å². The summed E-state index contributed by atoms with van der Waals surface area (Å²) in [6, 6.07) is 4.63. The Morgan fingerprint density at radius 2 is 1.78 bits per heavy atom. The van der Waals surface area contributed by atoms with Gasteiger partial charge in [0.2, 0.25) is 0 Å². The van der Waals surface area contributed by atoms with Crippen molar-refractivity contribution in [3.63, 3.8) is 0 Å². The molecule has 0 aliphatic carbocycles. The molecule has 23 heavy (non-hydrogen) atoms. The van der Waals surface area contributed by atoms with Gasteiger partial charge >= 0.3 is 18.0 Å². The van der Waals surface area contributed by atoms with E-state index in [0.29, 0.717) is 0 Å². The summed E-state index contributed by atoms with van der Waals surface area (Å²) >= 11 is 0. The highest BCUT2D eigenvalue weighted by molar-refractivity contribution is 5.99. The predicted molar refractivity (Wildman–Crippen MR) is 74.1 cm³/mol. The number of nitriles is 1. The van der Waals surface area contributed by atoms with Crippen LogP contribution in [0.4, 0.5) is 0 Å².